The standard InChI is InChI=1S/C17H18N2O5/c1-3-24-16-11-14(7-8-15(16)19(21)22)18-13-6-4-5-12(9-13)10-17(20)23-2/h4-9,11,18H,3,10H2,1-2H3. The fourth-order valence-electron chi connectivity index (χ4n) is 2.18. The molecule has 2 rings (SSSR count). The Balaban J connectivity index is 2.21. The molecule has 0 radical (unpaired) electrons. The number of methoxy groups -OCH3 is 1. The Morgan fingerprint density at radius 2 is 1.96 bits per heavy atom. The van der Waals surface area contributed by atoms with E-state index in [0.29, 0.717) is 12.3 Å². The summed E-state index contributed by atoms with van der Waals surface area (Å²) >= 11 is 0. The molecule has 7 heteroatoms. The van der Waals surface area contributed by atoms with Crippen LogP contribution in [0.25, 0.3) is 0 Å². The first-order chi connectivity index (χ1) is 11.5. The number of ether oxygens (including phenoxy) is 2. The monoisotopic (exact) mass is 330 g/mol. The summed E-state index contributed by atoms with van der Waals surface area (Å²) in [5.41, 5.74) is 2.13. The number of carbonyl (C=O) groups is 1. The summed E-state index contributed by atoms with van der Waals surface area (Å²) in [6.45, 7) is 2.10. The second-order valence-electron chi connectivity index (χ2n) is 4.95. The van der Waals surface area contributed by atoms with E-state index >= 15 is 0 Å². The van der Waals surface area contributed by atoms with Gasteiger partial charge in [-0.15, -0.1) is 0 Å². The highest BCUT2D eigenvalue weighted by Gasteiger charge is 2.15. The number of anilines is 2. The molecular formula is C17H18N2O5. The Labute approximate surface area is 139 Å². The molecule has 0 aliphatic rings. The van der Waals surface area contributed by atoms with Gasteiger partial charge in [0.1, 0.15) is 0 Å². The lowest BCUT2D eigenvalue weighted by Gasteiger charge is -2.10. The van der Waals surface area contributed by atoms with Crippen molar-refractivity contribution in [3.05, 3.63) is 58.1 Å². The maximum Gasteiger partial charge on any atom is 0.311 e. The molecule has 2 aromatic carbocycles. The molecule has 0 atom stereocenters. The molecule has 0 aliphatic heterocycles. The Bertz CT molecular complexity index is 746. The summed E-state index contributed by atoms with van der Waals surface area (Å²) in [5.74, 6) is -0.112. The first kappa shape index (κ1) is 17.3. The number of nitrogens with one attached hydrogen (secondary N) is 1. The highest BCUT2D eigenvalue weighted by Crippen LogP contribution is 2.31. The second kappa shape index (κ2) is 7.96. The summed E-state index contributed by atoms with van der Waals surface area (Å²) in [4.78, 5) is 21.9. The van der Waals surface area contributed by atoms with Gasteiger partial charge in [-0.3, -0.25) is 14.9 Å². The van der Waals surface area contributed by atoms with Crippen LogP contribution in [0.3, 0.4) is 0 Å². The van der Waals surface area contributed by atoms with Gasteiger partial charge in [-0.25, -0.2) is 0 Å². The third-order valence-electron chi connectivity index (χ3n) is 3.25. The molecule has 0 saturated heterocycles. The molecular weight excluding hydrogens is 312 g/mol. The van der Waals surface area contributed by atoms with Crippen molar-refractivity contribution in [1.82, 2.24) is 0 Å². The van der Waals surface area contributed by atoms with Crippen molar-refractivity contribution < 1.29 is 19.2 Å². The lowest BCUT2D eigenvalue weighted by Crippen LogP contribution is -2.04. The van der Waals surface area contributed by atoms with Crippen molar-refractivity contribution in [2.45, 2.75) is 13.3 Å². The Hall–Kier alpha value is -3.09. The number of hydrogen-bond donors (Lipinski definition) is 1. The fraction of sp³-hybridized carbons (Fsp3) is 0.235. The molecule has 0 aliphatic carbocycles. The van der Waals surface area contributed by atoms with Gasteiger partial charge in [0.2, 0.25) is 0 Å². The highest BCUT2D eigenvalue weighted by atomic mass is 16.6. The number of hydrogen-bond acceptors (Lipinski definition) is 6. The zero-order chi connectivity index (χ0) is 17.5. The van der Waals surface area contributed by atoms with Crippen LogP contribution in [0.4, 0.5) is 17.1 Å². The minimum atomic E-state index is -0.480. The molecule has 2 aromatic rings. The second-order valence-corrected chi connectivity index (χ2v) is 4.95. The topological polar surface area (TPSA) is 90.7 Å². The number of benzene rings is 2. The molecule has 7 nitrogen and oxygen atoms in total. The zero-order valence-electron chi connectivity index (χ0n) is 13.4. The summed E-state index contributed by atoms with van der Waals surface area (Å²) in [5, 5.41) is 14.1. The van der Waals surface area contributed by atoms with Gasteiger partial charge in [0, 0.05) is 23.5 Å². The van der Waals surface area contributed by atoms with E-state index in [4.69, 9.17) is 4.74 Å². The molecule has 0 heterocycles. The van der Waals surface area contributed by atoms with Crippen LogP contribution < -0.4 is 10.1 Å². The van der Waals surface area contributed by atoms with Gasteiger partial charge in [0.05, 0.1) is 25.1 Å². The molecule has 1 N–H and O–H groups in total. The molecule has 0 spiro atoms. The van der Waals surface area contributed by atoms with Gasteiger partial charge in [-0.05, 0) is 30.7 Å². The van der Waals surface area contributed by atoms with Crippen molar-refractivity contribution in [3.8, 4) is 5.75 Å². The number of rotatable bonds is 7. The van der Waals surface area contributed by atoms with Crippen molar-refractivity contribution in [3.63, 3.8) is 0 Å². The summed E-state index contributed by atoms with van der Waals surface area (Å²) in [6, 6.07) is 11.9. The third-order valence-corrected chi connectivity index (χ3v) is 3.25. The van der Waals surface area contributed by atoms with E-state index in [2.05, 4.69) is 10.1 Å². The molecule has 0 amide bonds. The summed E-state index contributed by atoms with van der Waals surface area (Å²) < 4.78 is 9.98. The Morgan fingerprint density at radius 3 is 2.62 bits per heavy atom. The van der Waals surface area contributed by atoms with E-state index in [1.54, 1.807) is 19.1 Å². The van der Waals surface area contributed by atoms with Crippen LogP contribution >= 0.6 is 0 Å². The Morgan fingerprint density at radius 1 is 1.21 bits per heavy atom. The number of carbonyl (C=O) groups excluding carboxylic acids is 1. The largest absolute Gasteiger partial charge is 0.487 e. The smallest absolute Gasteiger partial charge is 0.311 e. The van der Waals surface area contributed by atoms with E-state index in [0.717, 1.165) is 11.3 Å². The van der Waals surface area contributed by atoms with Crippen LogP contribution in [0.5, 0.6) is 5.75 Å². The molecule has 0 fully saturated rings. The third kappa shape index (κ3) is 4.45. The van der Waals surface area contributed by atoms with Crippen LogP contribution in [-0.4, -0.2) is 24.6 Å². The predicted molar refractivity (Wildman–Crippen MR) is 89.7 cm³/mol. The average Bonchev–Trinajstić information content (AvgIpc) is 2.55. The van der Waals surface area contributed by atoms with Crippen LogP contribution in [0.15, 0.2) is 42.5 Å². The van der Waals surface area contributed by atoms with E-state index in [-0.39, 0.29) is 23.8 Å². The number of esters is 1. The quantitative estimate of drug-likeness (QED) is 0.475. The molecule has 0 unspecified atom stereocenters. The van der Waals surface area contributed by atoms with Gasteiger partial charge in [0.25, 0.3) is 0 Å². The molecule has 0 saturated carbocycles. The van der Waals surface area contributed by atoms with Crippen molar-refractivity contribution in [1.29, 1.82) is 0 Å². The van der Waals surface area contributed by atoms with Gasteiger partial charge in [-0.1, -0.05) is 12.1 Å². The molecule has 126 valence electrons. The zero-order valence-corrected chi connectivity index (χ0v) is 13.4. The van der Waals surface area contributed by atoms with Crippen molar-refractivity contribution in [2.24, 2.45) is 0 Å². The van der Waals surface area contributed by atoms with Gasteiger partial charge < -0.3 is 14.8 Å². The minimum absolute atomic E-state index is 0.0816. The van der Waals surface area contributed by atoms with E-state index in [9.17, 15) is 14.9 Å². The molecule has 0 bridgehead atoms. The van der Waals surface area contributed by atoms with Crippen LogP contribution in [0.1, 0.15) is 12.5 Å². The number of nitrogens with zero attached hydrogens (tertiary/aromatic N) is 1. The predicted octanol–water partition coefficient (Wildman–Crippen LogP) is 3.45. The number of nitro benzene ring substituents is 1. The fourth-order valence-corrected chi connectivity index (χ4v) is 2.18. The van der Waals surface area contributed by atoms with Crippen LogP contribution in [-0.2, 0) is 16.0 Å². The first-order valence-corrected chi connectivity index (χ1v) is 7.37. The maximum atomic E-state index is 11.3. The van der Waals surface area contributed by atoms with Crippen LogP contribution in [0.2, 0.25) is 0 Å². The summed E-state index contributed by atoms with van der Waals surface area (Å²) in [7, 11) is 1.34. The molecule has 0 aromatic heterocycles. The number of nitro groups is 1. The van der Waals surface area contributed by atoms with Gasteiger partial charge in [-0.2, -0.15) is 0 Å². The minimum Gasteiger partial charge on any atom is -0.487 e. The van der Waals surface area contributed by atoms with Gasteiger partial charge >= 0.3 is 11.7 Å². The lowest BCUT2D eigenvalue weighted by atomic mass is 10.1. The summed E-state index contributed by atoms with van der Waals surface area (Å²) in [6.07, 6.45) is 0.177. The van der Waals surface area contributed by atoms with E-state index in [1.165, 1.54) is 13.2 Å². The van der Waals surface area contributed by atoms with Crippen molar-refractivity contribution >= 4 is 23.0 Å². The van der Waals surface area contributed by atoms with E-state index in [1.807, 2.05) is 24.3 Å². The average molecular weight is 330 g/mol. The first-order valence-electron chi connectivity index (χ1n) is 7.37. The van der Waals surface area contributed by atoms with Gasteiger partial charge in [0.15, 0.2) is 5.75 Å². The Kier molecular flexibility index (Phi) is 5.73. The van der Waals surface area contributed by atoms with Crippen LogP contribution in [0, 0.1) is 10.1 Å². The molecule has 24 heavy (non-hydrogen) atoms. The lowest BCUT2D eigenvalue weighted by molar-refractivity contribution is -0.385. The highest BCUT2D eigenvalue weighted by molar-refractivity contribution is 5.73. The van der Waals surface area contributed by atoms with E-state index < -0.39 is 4.92 Å². The normalized spacial score (nSPS) is 10.1. The van der Waals surface area contributed by atoms with Crippen molar-refractivity contribution in [2.75, 3.05) is 19.0 Å². The SMILES string of the molecule is CCOc1cc(Nc2cccc(CC(=O)OC)c2)ccc1[N+](=O)[O-]. The maximum absolute atomic E-state index is 11.3.